The summed E-state index contributed by atoms with van der Waals surface area (Å²) in [4.78, 5) is 19.8. The highest BCUT2D eigenvalue weighted by molar-refractivity contribution is 8.15. The second-order valence-corrected chi connectivity index (χ2v) is 7.98. The van der Waals surface area contributed by atoms with Crippen molar-refractivity contribution in [3.05, 3.63) is 51.3 Å². The third-order valence-electron chi connectivity index (χ3n) is 3.51. The number of hydrogen-bond donors (Lipinski definition) is 0. The molecule has 1 amide bonds. The van der Waals surface area contributed by atoms with E-state index in [1.807, 2.05) is 17.5 Å². The number of nitrogens with zero attached hydrogens (tertiary/aromatic N) is 3. The van der Waals surface area contributed by atoms with Crippen LogP contribution in [0.3, 0.4) is 0 Å². The van der Waals surface area contributed by atoms with Gasteiger partial charge in [0.2, 0.25) is 0 Å². The minimum atomic E-state index is -0.348. The van der Waals surface area contributed by atoms with E-state index in [2.05, 4.69) is 11.1 Å². The minimum absolute atomic E-state index is 0.257. The average molecular weight is 404 g/mol. The van der Waals surface area contributed by atoms with Crippen LogP contribution in [0.4, 0.5) is 5.69 Å². The molecular formula is C18H14ClN3O2S2. The maximum atomic E-state index is 13.0. The van der Waals surface area contributed by atoms with Crippen LogP contribution in [0.5, 0.6) is 5.75 Å². The van der Waals surface area contributed by atoms with E-state index in [0.29, 0.717) is 27.3 Å². The highest BCUT2D eigenvalue weighted by atomic mass is 35.5. The summed E-state index contributed by atoms with van der Waals surface area (Å²) in [5.41, 5.74) is 0.902. The van der Waals surface area contributed by atoms with Gasteiger partial charge in [0, 0.05) is 4.88 Å². The lowest BCUT2D eigenvalue weighted by Gasteiger charge is -2.19. The van der Waals surface area contributed by atoms with Gasteiger partial charge in [-0.25, -0.2) is 4.99 Å². The van der Waals surface area contributed by atoms with Crippen molar-refractivity contribution in [2.45, 2.75) is 12.2 Å². The Balaban J connectivity index is 2.01. The molecule has 1 aliphatic heterocycles. The normalized spacial score (nSPS) is 16.5. The van der Waals surface area contributed by atoms with Crippen molar-refractivity contribution in [3.8, 4) is 11.8 Å². The van der Waals surface area contributed by atoms with Gasteiger partial charge in [0.25, 0.3) is 5.91 Å². The predicted molar refractivity (Wildman–Crippen MR) is 108 cm³/mol. The van der Waals surface area contributed by atoms with E-state index >= 15 is 0 Å². The fourth-order valence-corrected chi connectivity index (χ4v) is 4.01. The van der Waals surface area contributed by atoms with Crippen molar-refractivity contribution < 1.29 is 9.53 Å². The van der Waals surface area contributed by atoms with Crippen LogP contribution < -0.4 is 9.64 Å². The molecule has 132 valence electrons. The summed E-state index contributed by atoms with van der Waals surface area (Å²) < 4.78 is 5.17. The van der Waals surface area contributed by atoms with Gasteiger partial charge in [-0.3, -0.25) is 9.69 Å². The third kappa shape index (κ3) is 3.78. The van der Waals surface area contributed by atoms with Crippen molar-refractivity contribution in [1.29, 1.82) is 5.26 Å². The smallest absolute Gasteiger partial charge is 0.283 e. The minimum Gasteiger partial charge on any atom is -0.495 e. The SMILES string of the molecule is COc1ccc(N2C(=O)/C(=C\c3cccs3)N=C2S[C@H](C)C#N)cc1Cl. The molecule has 0 N–H and O–H groups in total. The predicted octanol–water partition coefficient (Wildman–Crippen LogP) is 4.80. The monoisotopic (exact) mass is 403 g/mol. The summed E-state index contributed by atoms with van der Waals surface area (Å²) in [6, 6.07) is 11.1. The molecule has 0 fully saturated rings. The standard InChI is InChI=1S/C18H14ClN3O2S2/c1-11(10-20)26-18-21-15(9-13-4-3-7-25-13)17(23)22(18)12-5-6-16(24-2)14(19)8-12/h3-9,11H,1-2H3/b15-9+/t11-/m1/s1. The zero-order valence-electron chi connectivity index (χ0n) is 14.0. The van der Waals surface area contributed by atoms with Gasteiger partial charge in [0.15, 0.2) is 5.17 Å². The number of amidine groups is 1. The molecule has 26 heavy (non-hydrogen) atoms. The number of anilines is 1. The van der Waals surface area contributed by atoms with Crippen LogP contribution in [-0.2, 0) is 4.79 Å². The number of carbonyl (C=O) groups is 1. The summed E-state index contributed by atoms with van der Waals surface area (Å²) in [6.07, 6.45) is 1.75. The first-order chi connectivity index (χ1) is 12.5. The fraction of sp³-hybridized carbons (Fsp3) is 0.167. The van der Waals surface area contributed by atoms with Gasteiger partial charge in [-0.1, -0.05) is 29.4 Å². The number of nitriles is 1. The van der Waals surface area contributed by atoms with Crippen molar-refractivity contribution >= 4 is 57.5 Å². The van der Waals surface area contributed by atoms with Crippen LogP contribution in [0.2, 0.25) is 5.02 Å². The number of halogens is 1. The third-order valence-corrected chi connectivity index (χ3v) is 5.57. The molecule has 1 aromatic carbocycles. The Hall–Kier alpha value is -2.27. The summed E-state index contributed by atoms with van der Waals surface area (Å²) in [5, 5.41) is 11.6. The topological polar surface area (TPSA) is 65.7 Å². The van der Waals surface area contributed by atoms with Crippen molar-refractivity contribution in [2.24, 2.45) is 4.99 Å². The Morgan fingerprint density at radius 3 is 2.88 bits per heavy atom. The van der Waals surface area contributed by atoms with Crippen LogP contribution in [0.1, 0.15) is 11.8 Å². The highest BCUT2D eigenvalue weighted by Gasteiger charge is 2.33. The molecular weight excluding hydrogens is 390 g/mol. The molecule has 2 heterocycles. The summed E-state index contributed by atoms with van der Waals surface area (Å²) in [7, 11) is 1.53. The van der Waals surface area contributed by atoms with E-state index < -0.39 is 0 Å². The molecule has 0 saturated carbocycles. The molecule has 0 saturated heterocycles. The van der Waals surface area contributed by atoms with E-state index in [1.165, 1.54) is 35.1 Å². The van der Waals surface area contributed by atoms with Gasteiger partial charge in [-0.2, -0.15) is 5.26 Å². The number of thiophene rings is 1. The molecule has 0 spiro atoms. The van der Waals surface area contributed by atoms with E-state index in [0.717, 1.165) is 4.88 Å². The zero-order chi connectivity index (χ0) is 18.7. The van der Waals surface area contributed by atoms with Gasteiger partial charge in [0.05, 0.1) is 29.1 Å². The van der Waals surface area contributed by atoms with Gasteiger partial charge < -0.3 is 4.74 Å². The molecule has 1 aliphatic rings. The lowest BCUT2D eigenvalue weighted by molar-refractivity contribution is -0.113. The first-order valence-corrected chi connectivity index (χ1v) is 9.75. The lowest BCUT2D eigenvalue weighted by atomic mass is 10.2. The van der Waals surface area contributed by atoms with Crippen molar-refractivity contribution in [1.82, 2.24) is 0 Å². The number of methoxy groups -OCH3 is 1. The van der Waals surface area contributed by atoms with Crippen LogP contribution >= 0.6 is 34.7 Å². The molecule has 1 aromatic heterocycles. The maximum Gasteiger partial charge on any atom is 0.283 e. The Morgan fingerprint density at radius 1 is 1.46 bits per heavy atom. The first kappa shape index (κ1) is 18.5. The number of hydrogen-bond acceptors (Lipinski definition) is 6. The van der Waals surface area contributed by atoms with E-state index in [4.69, 9.17) is 21.6 Å². The molecule has 8 heteroatoms. The van der Waals surface area contributed by atoms with Gasteiger partial charge >= 0.3 is 0 Å². The van der Waals surface area contributed by atoms with Crippen LogP contribution in [0.15, 0.2) is 46.4 Å². The zero-order valence-corrected chi connectivity index (χ0v) is 16.4. The number of carbonyl (C=O) groups excluding carboxylic acids is 1. The second kappa shape index (κ2) is 7.96. The fourth-order valence-electron chi connectivity index (χ4n) is 2.29. The number of rotatable bonds is 4. The van der Waals surface area contributed by atoms with Crippen molar-refractivity contribution in [2.75, 3.05) is 12.0 Å². The summed E-state index contributed by atoms with van der Waals surface area (Å²) in [5.74, 6) is 0.264. The van der Waals surface area contributed by atoms with Gasteiger partial charge in [0.1, 0.15) is 11.4 Å². The van der Waals surface area contributed by atoms with Crippen LogP contribution in [0.25, 0.3) is 6.08 Å². The van der Waals surface area contributed by atoms with Crippen LogP contribution in [0, 0.1) is 11.3 Å². The maximum absolute atomic E-state index is 13.0. The molecule has 5 nitrogen and oxygen atoms in total. The molecule has 0 radical (unpaired) electrons. The van der Waals surface area contributed by atoms with E-state index in [1.54, 1.807) is 31.2 Å². The Labute approximate surface area is 164 Å². The van der Waals surface area contributed by atoms with Gasteiger partial charge in [-0.05, 0) is 42.6 Å². The first-order valence-electron chi connectivity index (χ1n) is 7.61. The summed E-state index contributed by atoms with van der Waals surface area (Å²) in [6.45, 7) is 1.76. The number of thioether (sulfide) groups is 1. The van der Waals surface area contributed by atoms with Gasteiger partial charge in [-0.15, -0.1) is 11.3 Å². The number of amides is 1. The van der Waals surface area contributed by atoms with E-state index in [9.17, 15) is 4.79 Å². The number of aliphatic imine (C=N–C) groups is 1. The Kier molecular flexibility index (Phi) is 5.67. The average Bonchev–Trinajstić information content (AvgIpc) is 3.24. The van der Waals surface area contributed by atoms with Crippen LogP contribution in [-0.4, -0.2) is 23.4 Å². The molecule has 0 bridgehead atoms. The Morgan fingerprint density at radius 2 is 2.27 bits per heavy atom. The molecule has 3 rings (SSSR count). The highest BCUT2D eigenvalue weighted by Crippen LogP contribution is 2.35. The quantitative estimate of drug-likeness (QED) is 0.688. The second-order valence-electron chi connectivity index (χ2n) is 5.29. The largest absolute Gasteiger partial charge is 0.495 e. The lowest BCUT2D eigenvalue weighted by Crippen LogP contribution is -2.31. The molecule has 0 aliphatic carbocycles. The molecule has 2 aromatic rings. The molecule has 1 atom stereocenters. The number of benzene rings is 1. The number of ether oxygens (including phenoxy) is 1. The molecule has 0 unspecified atom stereocenters. The summed E-state index contributed by atoms with van der Waals surface area (Å²) >= 11 is 8.96. The Bertz CT molecular complexity index is 932. The van der Waals surface area contributed by atoms with Crippen molar-refractivity contribution in [3.63, 3.8) is 0 Å². The van der Waals surface area contributed by atoms with E-state index in [-0.39, 0.29) is 11.2 Å².